The van der Waals surface area contributed by atoms with E-state index < -0.39 is 0 Å². The summed E-state index contributed by atoms with van der Waals surface area (Å²) in [5.74, 6) is 0.381. The molecule has 4 aromatic rings. The SMILES string of the molecule is COc1ccccc1CNC(=O)Cn1nc(C)c2nn(-c3ccccc3)c(C)c2c1=O. The van der Waals surface area contributed by atoms with Crippen LogP contribution < -0.4 is 15.6 Å². The molecule has 2 aromatic carbocycles. The molecule has 0 spiro atoms. The van der Waals surface area contributed by atoms with Crippen LogP contribution >= 0.6 is 0 Å². The molecule has 0 saturated carbocycles. The first-order valence-electron chi connectivity index (χ1n) is 9.90. The van der Waals surface area contributed by atoms with E-state index in [0.29, 0.717) is 34.6 Å². The lowest BCUT2D eigenvalue weighted by atomic mass is 10.2. The van der Waals surface area contributed by atoms with Gasteiger partial charge in [0.25, 0.3) is 5.56 Å². The fraction of sp³-hybridized carbons (Fsp3) is 0.217. The van der Waals surface area contributed by atoms with Crippen molar-refractivity contribution in [2.24, 2.45) is 0 Å². The second kappa shape index (κ2) is 8.43. The van der Waals surface area contributed by atoms with E-state index in [1.165, 1.54) is 4.68 Å². The molecule has 1 amide bonds. The molecule has 8 heteroatoms. The number of fused-ring (bicyclic) bond motifs is 1. The highest BCUT2D eigenvalue weighted by Crippen LogP contribution is 2.20. The summed E-state index contributed by atoms with van der Waals surface area (Å²) in [5, 5.41) is 12.2. The van der Waals surface area contributed by atoms with E-state index in [0.717, 1.165) is 11.3 Å². The van der Waals surface area contributed by atoms with Gasteiger partial charge in [-0.05, 0) is 32.0 Å². The van der Waals surface area contributed by atoms with Crippen molar-refractivity contribution in [2.45, 2.75) is 26.9 Å². The van der Waals surface area contributed by atoms with Crippen molar-refractivity contribution in [3.05, 3.63) is 81.9 Å². The lowest BCUT2D eigenvalue weighted by molar-refractivity contribution is -0.122. The highest BCUT2D eigenvalue weighted by Gasteiger charge is 2.18. The van der Waals surface area contributed by atoms with Crippen molar-refractivity contribution in [3.63, 3.8) is 0 Å². The molecule has 1 N–H and O–H groups in total. The molecule has 158 valence electrons. The van der Waals surface area contributed by atoms with Crippen LogP contribution in [0.2, 0.25) is 0 Å². The Hall–Kier alpha value is -3.94. The summed E-state index contributed by atoms with van der Waals surface area (Å²) in [6.07, 6.45) is 0. The maximum atomic E-state index is 13.1. The minimum absolute atomic E-state index is 0.180. The zero-order valence-corrected chi connectivity index (χ0v) is 17.6. The lowest BCUT2D eigenvalue weighted by Gasteiger charge is -2.10. The standard InChI is InChI=1S/C23H23N5O3/c1-15-22-21(16(2)28(26-22)18-10-5-4-6-11-18)23(30)27(25-15)14-20(29)24-13-17-9-7-8-12-19(17)31-3/h4-12H,13-14H2,1-3H3,(H,24,29). The van der Waals surface area contributed by atoms with Gasteiger partial charge >= 0.3 is 0 Å². The van der Waals surface area contributed by atoms with Crippen LogP contribution in [0.25, 0.3) is 16.6 Å². The molecule has 0 aliphatic carbocycles. The van der Waals surface area contributed by atoms with Gasteiger partial charge in [-0.2, -0.15) is 10.2 Å². The van der Waals surface area contributed by atoms with Crippen LogP contribution in [0, 0.1) is 13.8 Å². The molecule has 0 unspecified atom stereocenters. The van der Waals surface area contributed by atoms with Crippen LogP contribution in [0.15, 0.2) is 59.4 Å². The van der Waals surface area contributed by atoms with E-state index >= 15 is 0 Å². The molecule has 0 aliphatic heterocycles. The van der Waals surface area contributed by atoms with E-state index in [1.54, 1.807) is 18.7 Å². The zero-order chi connectivity index (χ0) is 22.0. The van der Waals surface area contributed by atoms with Crippen LogP contribution in [0.1, 0.15) is 17.0 Å². The van der Waals surface area contributed by atoms with Crippen molar-refractivity contribution in [1.82, 2.24) is 24.9 Å². The molecule has 0 radical (unpaired) electrons. The smallest absolute Gasteiger partial charge is 0.278 e. The molecule has 2 heterocycles. The topological polar surface area (TPSA) is 91.0 Å². The van der Waals surface area contributed by atoms with Gasteiger partial charge in [0.2, 0.25) is 5.91 Å². The first kappa shape index (κ1) is 20.3. The Balaban J connectivity index is 1.61. The Labute approximate surface area is 179 Å². The number of para-hydroxylation sites is 2. The van der Waals surface area contributed by atoms with Crippen LogP contribution in [-0.2, 0) is 17.9 Å². The van der Waals surface area contributed by atoms with Crippen LogP contribution in [0.5, 0.6) is 5.75 Å². The fourth-order valence-corrected chi connectivity index (χ4v) is 3.58. The number of rotatable bonds is 6. The number of carbonyl (C=O) groups is 1. The van der Waals surface area contributed by atoms with E-state index in [9.17, 15) is 9.59 Å². The van der Waals surface area contributed by atoms with Crippen molar-refractivity contribution in [3.8, 4) is 11.4 Å². The van der Waals surface area contributed by atoms with Crippen molar-refractivity contribution >= 4 is 16.8 Å². The number of benzene rings is 2. The predicted molar refractivity (Wildman–Crippen MR) is 117 cm³/mol. The van der Waals surface area contributed by atoms with Gasteiger partial charge in [-0.1, -0.05) is 36.4 Å². The summed E-state index contributed by atoms with van der Waals surface area (Å²) in [4.78, 5) is 25.6. The summed E-state index contributed by atoms with van der Waals surface area (Å²) < 4.78 is 8.23. The van der Waals surface area contributed by atoms with Crippen molar-refractivity contribution < 1.29 is 9.53 Å². The number of hydrogen-bond donors (Lipinski definition) is 1. The lowest BCUT2D eigenvalue weighted by Crippen LogP contribution is -2.34. The number of carbonyl (C=O) groups excluding carboxylic acids is 1. The average molecular weight is 417 g/mol. The first-order chi connectivity index (χ1) is 15.0. The third-order valence-corrected chi connectivity index (χ3v) is 5.14. The molecular formula is C23H23N5O3. The monoisotopic (exact) mass is 417 g/mol. The van der Waals surface area contributed by atoms with Crippen LogP contribution in [0.3, 0.4) is 0 Å². The first-order valence-corrected chi connectivity index (χ1v) is 9.90. The number of methoxy groups -OCH3 is 1. The van der Waals surface area contributed by atoms with Crippen LogP contribution in [0.4, 0.5) is 0 Å². The zero-order valence-electron chi connectivity index (χ0n) is 17.6. The third kappa shape index (κ3) is 3.92. The molecule has 8 nitrogen and oxygen atoms in total. The highest BCUT2D eigenvalue weighted by molar-refractivity contribution is 5.83. The minimum atomic E-state index is -0.340. The van der Waals surface area contributed by atoms with Crippen molar-refractivity contribution in [1.29, 1.82) is 0 Å². The normalized spacial score (nSPS) is 10.9. The summed E-state index contributed by atoms with van der Waals surface area (Å²) in [7, 11) is 1.58. The molecule has 31 heavy (non-hydrogen) atoms. The van der Waals surface area contributed by atoms with Gasteiger partial charge in [-0.3, -0.25) is 9.59 Å². The summed E-state index contributed by atoms with van der Waals surface area (Å²) >= 11 is 0. The Bertz CT molecular complexity index is 1310. The number of aryl methyl sites for hydroxylation is 2. The van der Waals surface area contributed by atoms with E-state index in [1.807, 2.05) is 61.5 Å². The number of nitrogens with one attached hydrogen (secondary N) is 1. The summed E-state index contributed by atoms with van der Waals surface area (Å²) in [6.45, 7) is 3.74. The molecule has 0 aliphatic rings. The van der Waals surface area contributed by atoms with Crippen LogP contribution in [-0.4, -0.2) is 32.6 Å². The Morgan fingerprint density at radius 3 is 2.48 bits per heavy atom. The van der Waals surface area contributed by atoms with Gasteiger partial charge in [-0.15, -0.1) is 0 Å². The molecule has 0 bridgehead atoms. The summed E-state index contributed by atoms with van der Waals surface area (Å²) in [6, 6.07) is 17.0. The maximum absolute atomic E-state index is 13.1. The summed E-state index contributed by atoms with van der Waals surface area (Å²) in [5.41, 5.74) is 3.20. The molecular weight excluding hydrogens is 394 g/mol. The largest absolute Gasteiger partial charge is 0.496 e. The van der Waals surface area contributed by atoms with Gasteiger partial charge in [0, 0.05) is 12.1 Å². The Kier molecular flexibility index (Phi) is 5.53. The highest BCUT2D eigenvalue weighted by atomic mass is 16.5. The van der Waals surface area contributed by atoms with Gasteiger partial charge < -0.3 is 10.1 Å². The van der Waals surface area contributed by atoms with E-state index in [-0.39, 0.29) is 18.0 Å². The maximum Gasteiger partial charge on any atom is 0.278 e. The van der Waals surface area contributed by atoms with Gasteiger partial charge in [0.1, 0.15) is 17.8 Å². The van der Waals surface area contributed by atoms with Gasteiger partial charge in [0.05, 0.1) is 29.6 Å². The molecule has 4 rings (SSSR count). The number of hydrogen-bond acceptors (Lipinski definition) is 5. The number of aromatic nitrogens is 4. The molecule has 0 atom stereocenters. The fourth-order valence-electron chi connectivity index (χ4n) is 3.58. The average Bonchev–Trinajstić information content (AvgIpc) is 3.14. The van der Waals surface area contributed by atoms with Crippen molar-refractivity contribution in [2.75, 3.05) is 7.11 Å². The third-order valence-electron chi connectivity index (χ3n) is 5.14. The van der Waals surface area contributed by atoms with E-state index in [4.69, 9.17) is 4.74 Å². The number of nitrogens with zero attached hydrogens (tertiary/aromatic N) is 4. The Morgan fingerprint density at radius 2 is 1.74 bits per heavy atom. The molecule has 2 aromatic heterocycles. The quantitative estimate of drug-likeness (QED) is 0.521. The number of ether oxygens (including phenoxy) is 1. The Morgan fingerprint density at radius 1 is 1.03 bits per heavy atom. The number of amides is 1. The van der Waals surface area contributed by atoms with Gasteiger partial charge in [0.15, 0.2) is 0 Å². The molecule has 0 saturated heterocycles. The van der Waals surface area contributed by atoms with Gasteiger partial charge in [-0.25, -0.2) is 9.36 Å². The minimum Gasteiger partial charge on any atom is -0.496 e. The second-order valence-electron chi connectivity index (χ2n) is 7.19. The second-order valence-corrected chi connectivity index (χ2v) is 7.19. The van der Waals surface area contributed by atoms with E-state index in [2.05, 4.69) is 15.5 Å². The molecule has 0 fully saturated rings. The predicted octanol–water partition coefficient (Wildman–Crippen LogP) is 2.52.